The second-order valence-electron chi connectivity index (χ2n) is 16.9. The van der Waals surface area contributed by atoms with Gasteiger partial charge in [-0.25, -0.2) is 4.79 Å². The Labute approximate surface area is 260 Å². The third kappa shape index (κ3) is 4.85. The summed E-state index contributed by atoms with van der Waals surface area (Å²) in [6, 6.07) is 7.87. The van der Waals surface area contributed by atoms with Crippen LogP contribution in [0.4, 0.5) is 0 Å². The molecular weight excluding hydrogens is 532 g/mol. The van der Waals surface area contributed by atoms with E-state index in [2.05, 4.69) is 50.0 Å². The molecule has 1 saturated heterocycles. The molecular formula is C38H58N2O3. The SMILES string of the molecule is CC1(C)C2CC[C@@]3(C)C4CC[C@@]5(NCCN6CCOCC6)CCCC5[C@H]4CCC3[C@@]2(C)CC[C@@H]1c1ccc(C(=O)O)cc1. The van der Waals surface area contributed by atoms with E-state index in [-0.39, 0.29) is 5.41 Å². The van der Waals surface area contributed by atoms with Gasteiger partial charge in [-0.05, 0) is 134 Å². The number of hydrogen-bond donors (Lipinski definition) is 2. The Bertz CT molecular complexity index is 1180. The minimum absolute atomic E-state index is 0.216. The van der Waals surface area contributed by atoms with Crippen molar-refractivity contribution in [2.75, 3.05) is 39.4 Å². The van der Waals surface area contributed by atoms with Gasteiger partial charge in [0, 0.05) is 31.7 Å². The number of benzene rings is 1. The second kappa shape index (κ2) is 11.1. The first-order valence-electron chi connectivity index (χ1n) is 18.0. The van der Waals surface area contributed by atoms with Gasteiger partial charge in [0.1, 0.15) is 0 Å². The predicted molar refractivity (Wildman–Crippen MR) is 172 cm³/mol. The van der Waals surface area contributed by atoms with Gasteiger partial charge in [-0.3, -0.25) is 4.90 Å². The molecule has 1 heterocycles. The Morgan fingerprint density at radius 2 is 1.60 bits per heavy atom. The summed E-state index contributed by atoms with van der Waals surface area (Å²) < 4.78 is 5.58. The molecule has 5 saturated carbocycles. The molecule has 5 heteroatoms. The number of aromatic carboxylic acids is 1. The van der Waals surface area contributed by atoms with Gasteiger partial charge in [0.15, 0.2) is 0 Å². The first-order chi connectivity index (χ1) is 20.6. The zero-order valence-corrected chi connectivity index (χ0v) is 27.5. The molecule has 0 amide bonds. The lowest BCUT2D eigenvalue weighted by molar-refractivity contribution is -0.195. The topological polar surface area (TPSA) is 61.8 Å². The number of nitrogens with zero attached hydrogens (tertiary/aromatic N) is 1. The van der Waals surface area contributed by atoms with Crippen LogP contribution in [-0.2, 0) is 4.74 Å². The van der Waals surface area contributed by atoms with Crippen molar-refractivity contribution in [3.8, 4) is 0 Å². The lowest BCUT2D eigenvalue weighted by atomic mass is 9.35. The highest BCUT2D eigenvalue weighted by molar-refractivity contribution is 5.87. The van der Waals surface area contributed by atoms with Crippen LogP contribution in [0.1, 0.15) is 120 Å². The van der Waals surface area contributed by atoms with Crippen LogP contribution in [0.15, 0.2) is 24.3 Å². The van der Waals surface area contributed by atoms with Gasteiger partial charge in [0.05, 0.1) is 18.8 Å². The molecule has 43 heavy (non-hydrogen) atoms. The number of carboxylic acids is 1. The van der Waals surface area contributed by atoms with Gasteiger partial charge in [-0.15, -0.1) is 0 Å². The van der Waals surface area contributed by atoms with Gasteiger partial charge in [0.2, 0.25) is 0 Å². The van der Waals surface area contributed by atoms with Crippen molar-refractivity contribution in [3.05, 3.63) is 35.4 Å². The Kier molecular flexibility index (Phi) is 7.82. The summed E-state index contributed by atoms with van der Waals surface area (Å²) in [5.74, 6) is 3.91. The zero-order valence-electron chi connectivity index (χ0n) is 27.5. The molecule has 0 radical (unpaired) electrons. The molecule has 5 nitrogen and oxygen atoms in total. The third-order valence-corrected chi connectivity index (χ3v) is 15.1. The van der Waals surface area contributed by atoms with Gasteiger partial charge in [0.25, 0.3) is 0 Å². The highest BCUT2D eigenvalue weighted by atomic mass is 16.5. The number of fused-ring (bicyclic) bond motifs is 7. The van der Waals surface area contributed by atoms with Gasteiger partial charge in [-0.2, -0.15) is 0 Å². The summed E-state index contributed by atoms with van der Waals surface area (Å²) in [6.07, 6.45) is 15.3. The Balaban J connectivity index is 1.07. The van der Waals surface area contributed by atoms with Crippen LogP contribution < -0.4 is 5.32 Å². The number of carbonyl (C=O) groups is 1. The standard InChI is InChI=1S/C38H58N2O3/c1-35(2)29(26-7-9-27(10-8-26)34(41)42)13-17-37(4)32(35)15-18-36(3)30-14-19-38(39-20-21-40-22-24-43-25-23-40)16-5-6-31(38)28(30)11-12-33(36)37/h7-10,28-33,39H,5-6,11-25H2,1-4H3,(H,41,42)/t28-,29+,30?,31?,32?,33?,36-,37-,38-/m0/s1. The summed E-state index contributed by atoms with van der Waals surface area (Å²) in [7, 11) is 0. The monoisotopic (exact) mass is 590 g/mol. The summed E-state index contributed by atoms with van der Waals surface area (Å²) in [4.78, 5) is 14.1. The molecule has 0 spiro atoms. The van der Waals surface area contributed by atoms with E-state index in [0.717, 1.165) is 62.4 Å². The Hall–Kier alpha value is -1.43. The Morgan fingerprint density at radius 1 is 0.860 bits per heavy atom. The molecule has 6 fully saturated rings. The fourth-order valence-electron chi connectivity index (χ4n) is 13.3. The largest absolute Gasteiger partial charge is 0.478 e. The van der Waals surface area contributed by atoms with E-state index in [0.29, 0.717) is 27.9 Å². The average Bonchev–Trinajstić information content (AvgIpc) is 3.42. The van der Waals surface area contributed by atoms with E-state index in [9.17, 15) is 9.90 Å². The van der Waals surface area contributed by atoms with E-state index < -0.39 is 5.97 Å². The summed E-state index contributed by atoms with van der Waals surface area (Å²) in [5.41, 5.74) is 3.24. The maximum absolute atomic E-state index is 11.5. The fourth-order valence-corrected chi connectivity index (χ4v) is 13.3. The number of morpholine rings is 1. The minimum atomic E-state index is -0.828. The number of hydrogen-bond acceptors (Lipinski definition) is 4. The average molecular weight is 591 g/mol. The van der Waals surface area contributed by atoms with E-state index in [1.807, 2.05) is 12.1 Å². The Morgan fingerprint density at radius 3 is 2.35 bits per heavy atom. The van der Waals surface area contributed by atoms with Gasteiger partial charge < -0.3 is 15.2 Å². The zero-order chi connectivity index (χ0) is 30.0. The van der Waals surface area contributed by atoms with Crippen LogP contribution in [0, 0.1) is 45.8 Å². The van der Waals surface area contributed by atoms with Crippen molar-refractivity contribution in [3.63, 3.8) is 0 Å². The van der Waals surface area contributed by atoms with Crippen molar-refractivity contribution in [2.24, 2.45) is 45.8 Å². The molecule has 4 unspecified atom stereocenters. The molecule has 7 rings (SSSR count). The molecule has 0 aromatic heterocycles. The molecule has 1 aromatic rings. The molecule has 1 aliphatic heterocycles. The molecule has 2 N–H and O–H groups in total. The minimum Gasteiger partial charge on any atom is -0.478 e. The number of carboxylic acid groups (broad SMARTS) is 1. The maximum atomic E-state index is 11.5. The van der Waals surface area contributed by atoms with Crippen LogP contribution in [0.5, 0.6) is 0 Å². The van der Waals surface area contributed by atoms with Crippen LogP contribution in [-0.4, -0.2) is 60.9 Å². The van der Waals surface area contributed by atoms with Crippen LogP contribution >= 0.6 is 0 Å². The number of rotatable bonds is 6. The van der Waals surface area contributed by atoms with Crippen molar-refractivity contribution in [2.45, 2.75) is 110 Å². The van der Waals surface area contributed by atoms with Crippen molar-refractivity contribution >= 4 is 5.97 Å². The molecule has 6 aliphatic rings. The first-order valence-corrected chi connectivity index (χ1v) is 18.0. The third-order valence-electron chi connectivity index (χ3n) is 15.1. The highest BCUT2D eigenvalue weighted by Crippen LogP contribution is 2.73. The maximum Gasteiger partial charge on any atom is 0.335 e. The molecule has 238 valence electrons. The predicted octanol–water partition coefficient (Wildman–Crippen LogP) is 7.61. The highest BCUT2D eigenvalue weighted by Gasteiger charge is 2.66. The van der Waals surface area contributed by atoms with Crippen LogP contribution in [0.3, 0.4) is 0 Å². The van der Waals surface area contributed by atoms with Crippen molar-refractivity contribution in [1.82, 2.24) is 10.2 Å². The summed E-state index contributed by atoms with van der Waals surface area (Å²) in [6.45, 7) is 16.9. The summed E-state index contributed by atoms with van der Waals surface area (Å²) in [5, 5.41) is 13.7. The van der Waals surface area contributed by atoms with Gasteiger partial charge in [-0.1, -0.05) is 46.2 Å². The van der Waals surface area contributed by atoms with Gasteiger partial charge >= 0.3 is 5.97 Å². The van der Waals surface area contributed by atoms with E-state index in [1.54, 1.807) is 0 Å². The first kappa shape index (κ1) is 30.2. The van der Waals surface area contributed by atoms with Crippen LogP contribution in [0.2, 0.25) is 0 Å². The molecule has 1 aromatic carbocycles. The quantitative estimate of drug-likeness (QED) is 0.357. The second-order valence-corrected chi connectivity index (χ2v) is 16.9. The summed E-state index contributed by atoms with van der Waals surface area (Å²) >= 11 is 0. The van der Waals surface area contributed by atoms with Crippen molar-refractivity contribution < 1.29 is 14.6 Å². The molecule has 0 bridgehead atoms. The van der Waals surface area contributed by atoms with E-state index in [4.69, 9.17) is 4.74 Å². The number of nitrogens with one attached hydrogen (secondary N) is 1. The smallest absolute Gasteiger partial charge is 0.335 e. The van der Waals surface area contributed by atoms with Crippen LogP contribution in [0.25, 0.3) is 0 Å². The fraction of sp³-hybridized carbons (Fsp3) is 0.816. The lowest BCUT2D eigenvalue weighted by Crippen LogP contribution is -2.64. The van der Waals surface area contributed by atoms with Crippen molar-refractivity contribution in [1.29, 1.82) is 0 Å². The number of ether oxygens (including phenoxy) is 1. The molecule has 5 aliphatic carbocycles. The lowest BCUT2D eigenvalue weighted by Gasteiger charge is -2.69. The van der Waals surface area contributed by atoms with E-state index in [1.165, 1.54) is 82.7 Å². The van der Waals surface area contributed by atoms with E-state index >= 15 is 0 Å². The normalized spacial score (nSPS) is 44.1. The molecule has 9 atom stereocenters.